The van der Waals surface area contributed by atoms with Crippen molar-refractivity contribution in [1.82, 2.24) is 9.97 Å². The minimum atomic E-state index is -4.53. The molecule has 1 aromatic rings. The van der Waals surface area contributed by atoms with Gasteiger partial charge in [0.15, 0.2) is 0 Å². The Kier molecular flexibility index (Phi) is 3.42. The molecular formula is C10H10ClF3N2O. The monoisotopic (exact) mass is 266 g/mol. The first kappa shape index (κ1) is 12.4. The maximum Gasteiger partial charge on any atom is 0.423 e. The van der Waals surface area contributed by atoms with Crippen molar-refractivity contribution >= 4 is 11.6 Å². The van der Waals surface area contributed by atoms with Crippen molar-refractivity contribution in [3.8, 4) is 5.88 Å². The SMILES string of the molecule is FC(F)(F)c1cnc(Cl)nc1OC1CCCC1. The summed E-state index contributed by atoms with van der Waals surface area (Å²) in [6.07, 6.45) is -0.659. The normalized spacial score (nSPS) is 17.4. The van der Waals surface area contributed by atoms with E-state index in [9.17, 15) is 13.2 Å². The summed E-state index contributed by atoms with van der Waals surface area (Å²) < 4.78 is 43.2. The minimum absolute atomic E-state index is 0.206. The van der Waals surface area contributed by atoms with Crippen molar-refractivity contribution in [2.24, 2.45) is 0 Å². The minimum Gasteiger partial charge on any atom is -0.474 e. The summed E-state index contributed by atoms with van der Waals surface area (Å²) in [5.41, 5.74) is -0.978. The molecule has 0 N–H and O–H groups in total. The van der Waals surface area contributed by atoms with Crippen molar-refractivity contribution in [3.05, 3.63) is 17.0 Å². The topological polar surface area (TPSA) is 35.0 Å². The molecule has 3 nitrogen and oxygen atoms in total. The quantitative estimate of drug-likeness (QED) is 0.769. The molecule has 0 aliphatic heterocycles. The van der Waals surface area contributed by atoms with Gasteiger partial charge in [-0.3, -0.25) is 0 Å². The Morgan fingerprint density at radius 2 is 1.94 bits per heavy atom. The number of hydrogen-bond donors (Lipinski definition) is 0. The number of hydrogen-bond acceptors (Lipinski definition) is 3. The number of rotatable bonds is 2. The van der Waals surface area contributed by atoms with E-state index >= 15 is 0 Å². The zero-order chi connectivity index (χ0) is 12.5. The Balaban J connectivity index is 2.26. The average Bonchev–Trinajstić information content (AvgIpc) is 2.68. The van der Waals surface area contributed by atoms with Gasteiger partial charge in [0, 0.05) is 6.20 Å². The molecule has 94 valence electrons. The number of nitrogens with zero attached hydrogens (tertiary/aromatic N) is 2. The van der Waals surface area contributed by atoms with Gasteiger partial charge in [0.1, 0.15) is 11.7 Å². The predicted octanol–water partition coefficient (Wildman–Crippen LogP) is 3.47. The second-order valence-electron chi connectivity index (χ2n) is 3.88. The third-order valence-corrected chi connectivity index (χ3v) is 2.79. The van der Waals surface area contributed by atoms with E-state index in [-0.39, 0.29) is 11.4 Å². The van der Waals surface area contributed by atoms with E-state index in [0.717, 1.165) is 25.7 Å². The first-order valence-electron chi connectivity index (χ1n) is 5.23. The fourth-order valence-corrected chi connectivity index (χ4v) is 1.92. The Morgan fingerprint density at radius 1 is 1.29 bits per heavy atom. The Morgan fingerprint density at radius 3 is 2.53 bits per heavy atom. The van der Waals surface area contributed by atoms with Crippen LogP contribution in [-0.2, 0) is 6.18 Å². The molecule has 0 unspecified atom stereocenters. The lowest BCUT2D eigenvalue weighted by molar-refractivity contribution is -0.139. The van der Waals surface area contributed by atoms with Gasteiger partial charge in [-0.1, -0.05) is 0 Å². The summed E-state index contributed by atoms with van der Waals surface area (Å²) in [4.78, 5) is 6.85. The third kappa shape index (κ3) is 3.00. The van der Waals surface area contributed by atoms with Crippen molar-refractivity contribution in [3.63, 3.8) is 0 Å². The Bertz CT molecular complexity index is 405. The zero-order valence-electron chi connectivity index (χ0n) is 8.80. The summed E-state index contributed by atoms with van der Waals surface area (Å²) in [5, 5.41) is -0.244. The van der Waals surface area contributed by atoms with Crippen molar-refractivity contribution in [2.45, 2.75) is 38.0 Å². The van der Waals surface area contributed by atoms with Gasteiger partial charge in [-0.25, -0.2) is 4.98 Å². The molecule has 0 radical (unpaired) electrons. The van der Waals surface area contributed by atoms with Gasteiger partial charge in [-0.15, -0.1) is 0 Å². The molecule has 1 saturated carbocycles. The van der Waals surface area contributed by atoms with E-state index in [0.29, 0.717) is 6.20 Å². The zero-order valence-corrected chi connectivity index (χ0v) is 9.55. The highest BCUT2D eigenvalue weighted by Gasteiger charge is 2.37. The summed E-state index contributed by atoms with van der Waals surface area (Å²) in [6.45, 7) is 0. The van der Waals surface area contributed by atoms with Crippen LogP contribution in [0, 0.1) is 0 Å². The molecule has 1 aliphatic carbocycles. The molecular weight excluding hydrogens is 257 g/mol. The van der Waals surface area contributed by atoms with Gasteiger partial charge in [0.25, 0.3) is 0 Å². The summed E-state index contributed by atoms with van der Waals surface area (Å²) in [5.74, 6) is -0.468. The molecule has 7 heteroatoms. The highest BCUT2D eigenvalue weighted by Crippen LogP contribution is 2.36. The summed E-state index contributed by atoms with van der Waals surface area (Å²) in [6, 6.07) is 0. The molecule has 0 aromatic carbocycles. The Labute approximate surface area is 101 Å². The smallest absolute Gasteiger partial charge is 0.423 e. The standard InChI is InChI=1S/C10H10ClF3N2O/c11-9-15-5-7(10(12,13)14)8(16-9)17-6-3-1-2-4-6/h5-6H,1-4H2. The van der Waals surface area contributed by atoms with Gasteiger partial charge in [0.2, 0.25) is 11.2 Å². The predicted molar refractivity (Wildman–Crippen MR) is 54.9 cm³/mol. The van der Waals surface area contributed by atoms with E-state index in [1.165, 1.54) is 0 Å². The first-order chi connectivity index (χ1) is 7.97. The van der Waals surface area contributed by atoms with Crippen LogP contribution in [0.3, 0.4) is 0 Å². The number of halogens is 4. The maximum atomic E-state index is 12.7. The second-order valence-corrected chi connectivity index (χ2v) is 4.22. The molecule has 0 amide bonds. The van der Waals surface area contributed by atoms with Crippen LogP contribution in [0.5, 0.6) is 5.88 Å². The van der Waals surface area contributed by atoms with E-state index in [1.54, 1.807) is 0 Å². The average molecular weight is 267 g/mol. The lowest BCUT2D eigenvalue weighted by Gasteiger charge is -2.16. The molecule has 17 heavy (non-hydrogen) atoms. The third-order valence-electron chi connectivity index (χ3n) is 2.61. The van der Waals surface area contributed by atoms with Crippen molar-refractivity contribution in [1.29, 1.82) is 0 Å². The van der Waals surface area contributed by atoms with E-state index in [1.807, 2.05) is 0 Å². The van der Waals surface area contributed by atoms with Crippen molar-refractivity contribution in [2.75, 3.05) is 0 Å². The van der Waals surface area contributed by atoms with Gasteiger partial charge < -0.3 is 4.74 Å². The fraction of sp³-hybridized carbons (Fsp3) is 0.600. The Hall–Kier alpha value is -1.04. The maximum absolute atomic E-state index is 12.7. The molecule has 0 spiro atoms. The molecule has 2 rings (SSSR count). The molecule has 0 bridgehead atoms. The number of aromatic nitrogens is 2. The van der Waals surface area contributed by atoms with E-state index in [4.69, 9.17) is 16.3 Å². The lowest BCUT2D eigenvalue weighted by atomic mass is 10.3. The van der Waals surface area contributed by atoms with Crippen LogP contribution in [0.4, 0.5) is 13.2 Å². The summed E-state index contributed by atoms with van der Waals surface area (Å²) >= 11 is 5.48. The van der Waals surface area contributed by atoms with Gasteiger partial charge in [-0.2, -0.15) is 18.2 Å². The van der Waals surface area contributed by atoms with Gasteiger partial charge >= 0.3 is 6.18 Å². The van der Waals surface area contributed by atoms with Crippen LogP contribution in [0.2, 0.25) is 5.28 Å². The number of alkyl halides is 3. The summed E-state index contributed by atoms with van der Waals surface area (Å²) in [7, 11) is 0. The van der Waals surface area contributed by atoms with Crippen LogP contribution in [0.15, 0.2) is 6.20 Å². The van der Waals surface area contributed by atoms with Gasteiger partial charge in [-0.05, 0) is 37.3 Å². The number of ether oxygens (including phenoxy) is 1. The van der Waals surface area contributed by atoms with Crippen LogP contribution in [0.1, 0.15) is 31.2 Å². The molecule has 1 aromatic heterocycles. The second kappa shape index (κ2) is 4.68. The van der Waals surface area contributed by atoms with Crippen LogP contribution < -0.4 is 4.74 Å². The molecule has 1 aliphatic rings. The molecule has 0 atom stereocenters. The highest BCUT2D eigenvalue weighted by molar-refractivity contribution is 6.28. The fourth-order valence-electron chi connectivity index (χ4n) is 1.79. The largest absolute Gasteiger partial charge is 0.474 e. The highest BCUT2D eigenvalue weighted by atomic mass is 35.5. The van der Waals surface area contributed by atoms with E-state index in [2.05, 4.69) is 9.97 Å². The first-order valence-corrected chi connectivity index (χ1v) is 5.61. The van der Waals surface area contributed by atoms with Crippen LogP contribution in [-0.4, -0.2) is 16.1 Å². The van der Waals surface area contributed by atoms with Crippen molar-refractivity contribution < 1.29 is 17.9 Å². The van der Waals surface area contributed by atoms with Gasteiger partial charge in [0.05, 0.1) is 0 Å². The molecule has 1 fully saturated rings. The van der Waals surface area contributed by atoms with Crippen LogP contribution >= 0.6 is 11.6 Å². The molecule has 0 saturated heterocycles. The lowest BCUT2D eigenvalue weighted by Crippen LogP contribution is -2.17. The van der Waals surface area contributed by atoms with Crippen LogP contribution in [0.25, 0.3) is 0 Å². The van der Waals surface area contributed by atoms with E-state index < -0.39 is 17.6 Å². The molecule has 1 heterocycles.